The Morgan fingerprint density at radius 3 is 2.83 bits per heavy atom. The van der Waals surface area contributed by atoms with Crippen molar-refractivity contribution in [3.05, 3.63) is 0 Å². The molecular formula is C13H22N2O3. The highest BCUT2D eigenvalue weighted by Crippen LogP contribution is 2.31. The fourth-order valence-electron chi connectivity index (χ4n) is 2.88. The van der Waals surface area contributed by atoms with Gasteiger partial charge in [-0.25, -0.2) is 0 Å². The zero-order chi connectivity index (χ0) is 13.7. The highest BCUT2D eigenvalue weighted by Gasteiger charge is 2.44. The van der Waals surface area contributed by atoms with Crippen LogP contribution in [0.2, 0.25) is 0 Å². The number of hydrogen-bond donors (Lipinski definition) is 2. The van der Waals surface area contributed by atoms with Crippen LogP contribution in [0.25, 0.3) is 0 Å². The zero-order valence-corrected chi connectivity index (χ0v) is 11.2. The van der Waals surface area contributed by atoms with E-state index in [0.717, 1.165) is 6.42 Å². The van der Waals surface area contributed by atoms with Gasteiger partial charge >= 0.3 is 0 Å². The SMILES string of the molecule is C#CONC(CC)[C@H]1[C@H](CO)C[C@H](C(C)=O)N1C. The molecule has 1 heterocycles. The molecule has 18 heavy (non-hydrogen) atoms. The summed E-state index contributed by atoms with van der Waals surface area (Å²) >= 11 is 0. The van der Waals surface area contributed by atoms with E-state index in [1.807, 2.05) is 18.9 Å². The number of terminal acetylenes is 1. The molecule has 5 heteroatoms. The Morgan fingerprint density at radius 1 is 1.72 bits per heavy atom. The first-order chi connectivity index (χ1) is 8.56. The number of likely N-dealkylation sites (tertiary alicyclic amines) is 1. The van der Waals surface area contributed by atoms with Crippen molar-refractivity contribution in [3.8, 4) is 12.5 Å². The van der Waals surface area contributed by atoms with Crippen LogP contribution in [0.3, 0.4) is 0 Å². The monoisotopic (exact) mass is 254 g/mol. The second-order valence-electron chi connectivity index (χ2n) is 4.81. The minimum absolute atomic E-state index is 0.00690. The largest absolute Gasteiger partial charge is 0.396 e. The molecule has 1 unspecified atom stereocenters. The molecule has 4 atom stereocenters. The summed E-state index contributed by atoms with van der Waals surface area (Å²) in [5, 5.41) is 9.48. The molecule has 5 nitrogen and oxygen atoms in total. The van der Waals surface area contributed by atoms with Crippen LogP contribution in [0.4, 0.5) is 0 Å². The van der Waals surface area contributed by atoms with Crippen molar-refractivity contribution >= 4 is 5.78 Å². The summed E-state index contributed by atoms with van der Waals surface area (Å²) in [6.45, 7) is 3.66. The molecule has 0 aromatic heterocycles. The number of hydrogen-bond acceptors (Lipinski definition) is 5. The normalized spacial score (nSPS) is 29.8. The third-order valence-electron chi connectivity index (χ3n) is 3.80. The molecule has 102 valence electrons. The molecular weight excluding hydrogens is 232 g/mol. The predicted octanol–water partition coefficient (Wildman–Crippen LogP) is 0.147. The summed E-state index contributed by atoms with van der Waals surface area (Å²) < 4.78 is 0. The van der Waals surface area contributed by atoms with Gasteiger partial charge in [-0.05, 0) is 26.8 Å². The van der Waals surface area contributed by atoms with Crippen molar-refractivity contribution < 1.29 is 14.7 Å². The van der Waals surface area contributed by atoms with Gasteiger partial charge in [0.05, 0.1) is 12.1 Å². The first-order valence-electron chi connectivity index (χ1n) is 6.27. The van der Waals surface area contributed by atoms with E-state index in [1.165, 1.54) is 0 Å². The molecule has 0 spiro atoms. The van der Waals surface area contributed by atoms with Crippen LogP contribution >= 0.6 is 0 Å². The Morgan fingerprint density at radius 2 is 2.39 bits per heavy atom. The Balaban J connectivity index is 2.82. The lowest BCUT2D eigenvalue weighted by Gasteiger charge is -2.32. The van der Waals surface area contributed by atoms with Gasteiger partial charge in [-0.3, -0.25) is 9.69 Å². The van der Waals surface area contributed by atoms with Gasteiger partial charge < -0.3 is 9.94 Å². The quantitative estimate of drug-likeness (QED) is 0.522. The fourth-order valence-corrected chi connectivity index (χ4v) is 2.88. The number of carbonyl (C=O) groups excluding carboxylic acids is 1. The van der Waals surface area contributed by atoms with E-state index >= 15 is 0 Å². The molecule has 0 aromatic carbocycles. The third-order valence-corrected chi connectivity index (χ3v) is 3.80. The van der Waals surface area contributed by atoms with Gasteiger partial charge in [-0.15, -0.1) is 5.48 Å². The second-order valence-corrected chi connectivity index (χ2v) is 4.81. The first kappa shape index (κ1) is 15.0. The van der Waals surface area contributed by atoms with E-state index < -0.39 is 0 Å². The smallest absolute Gasteiger partial charge is 0.146 e. The van der Waals surface area contributed by atoms with Crippen molar-refractivity contribution in [2.45, 2.75) is 44.8 Å². The minimum atomic E-state index is -0.131. The van der Waals surface area contributed by atoms with Gasteiger partial charge in [0.2, 0.25) is 0 Å². The molecule has 1 saturated heterocycles. The van der Waals surface area contributed by atoms with Crippen LogP contribution in [0.5, 0.6) is 0 Å². The topological polar surface area (TPSA) is 61.8 Å². The maximum absolute atomic E-state index is 11.6. The lowest BCUT2D eigenvalue weighted by molar-refractivity contribution is -0.121. The average Bonchev–Trinajstić information content (AvgIpc) is 2.68. The maximum Gasteiger partial charge on any atom is 0.146 e. The first-order valence-corrected chi connectivity index (χ1v) is 6.27. The van der Waals surface area contributed by atoms with Gasteiger partial charge in [0.1, 0.15) is 11.9 Å². The van der Waals surface area contributed by atoms with E-state index in [0.29, 0.717) is 6.42 Å². The summed E-state index contributed by atoms with van der Waals surface area (Å²) in [4.78, 5) is 18.4. The van der Waals surface area contributed by atoms with E-state index in [-0.39, 0.29) is 36.4 Å². The van der Waals surface area contributed by atoms with Gasteiger partial charge in [-0.1, -0.05) is 13.3 Å². The number of hydroxylamine groups is 1. The summed E-state index contributed by atoms with van der Waals surface area (Å²) in [5.74, 6) is 0.189. The number of nitrogens with one attached hydrogen (secondary N) is 1. The third kappa shape index (κ3) is 3.02. The average molecular weight is 254 g/mol. The molecule has 1 aliphatic rings. The van der Waals surface area contributed by atoms with Crippen LogP contribution in [0.1, 0.15) is 26.7 Å². The Hall–Kier alpha value is -1.09. The Kier molecular flexibility index (Phi) is 5.60. The number of aliphatic hydroxyl groups excluding tert-OH is 1. The van der Waals surface area contributed by atoms with E-state index in [2.05, 4.69) is 11.6 Å². The standard InChI is InChI=1S/C13H22N2O3/c1-5-11(14-18-6-2)13-10(8-16)7-12(9(3)17)15(13)4/h2,10-14,16H,5,7-8H2,1,3-4H3/t10-,11?,12+,13+/m0/s1. The van der Waals surface area contributed by atoms with Gasteiger partial charge in [-0.2, -0.15) is 0 Å². The van der Waals surface area contributed by atoms with Crippen molar-refractivity contribution in [1.82, 2.24) is 10.4 Å². The predicted molar refractivity (Wildman–Crippen MR) is 68.3 cm³/mol. The summed E-state index contributed by atoms with van der Waals surface area (Å²) in [6.07, 6.45) is 8.62. The molecule has 0 aromatic rings. The fraction of sp³-hybridized carbons (Fsp3) is 0.769. The van der Waals surface area contributed by atoms with Crippen LogP contribution in [0.15, 0.2) is 0 Å². The lowest BCUT2D eigenvalue weighted by atomic mass is 9.93. The molecule has 0 amide bonds. The summed E-state index contributed by atoms with van der Waals surface area (Å²) in [7, 11) is 1.91. The van der Waals surface area contributed by atoms with Crippen molar-refractivity contribution in [1.29, 1.82) is 0 Å². The zero-order valence-electron chi connectivity index (χ0n) is 11.2. The number of aliphatic hydroxyl groups is 1. The number of nitrogens with zero attached hydrogens (tertiary/aromatic N) is 1. The molecule has 2 N–H and O–H groups in total. The molecule has 0 radical (unpaired) electrons. The van der Waals surface area contributed by atoms with E-state index in [1.54, 1.807) is 6.92 Å². The van der Waals surface area contributed by atoms with Crippen molar-refractivity contribution in [3.63, 3.8) is 0 Å². The van der Waals surface area contributed by atoms with Crippen molar-refractivity contribution in [2.24, 2.45) is 5.92 Å². The molecule has 0 bridgehead atoms. The highest BCUT2D eigenvalue weighted by molar-refractivity contribution is 5.81. The van der Waals surface area contributed by atoms with Gasteiger partial charge in [0.15, 0.2) is 0 Å². The minimum Gasteiger partial charge on any atom is -0.396 e. The Bertz CT molecular complexity index is 327. The van der Waals surface area contributed by atoms with Crippen LogP contribution < -0.4 is 5.48 Å². The lowest BCUT2D eigenvalue weighted by Crippen LogP contribution is -2.50. The van der Waals surface area contributed by atoms with Gasteiger partial charge in [0.25, 0.3) is 0 Å². The molecule has 1 fully saturated rings. The van der Waals surface area contributed by atoms with Crippen LogP contribution in [-0.2, 0) is 9.63 Å². The van der Waals surface area contributed by atoms with Crippen molar-refractivity contribution in [2.75, 3.05) is 13.7 Å². The van der Waals surface area contributed by atoms with E-state index in [4.69, 9.17) is 11.3 Å². The molecule has 1 rings (SSSR count). The molecule has 0 saturated carbocycles. The second kappa shape index (κ2) is 6.74. The Labute approximate surface area is 108 Å². The maximum atomic E-state index is 11.6. The van der Waals surface area contributed by atoms with E-state index in [9.17, 15) is 9.90 Å². The number of carbonyl (C=O) groups is 1. The molecule has 1 aliphatic heterocycles. The molecule has 0 aliphatic carbocycles. The van der Waals surface area contributed by atoms with Gasteiger partial charge in [0, 0.05) is 18.6 Å². The van der Waals surface area contributed by atoms with Crippen LogP contribution in [0, 0.1) is 18.4 Å². The number of Topliss-reactive ketones (excluding diaryl/α,β-unsaturated/α-hetero) is 1. The van der Waals surface area contributed by atoms with Crippen LogP contribution in [-0.4, -0.2) is 47.6 Å². The summed E-state index contributed by atoms with van der Waals surface area (Å²) in [6, 6.07) is -0.0939. The number of likely N-dealkylation sites (N-methyl/N-ethyl adjacent to an activating group) is 1. The highest BCUT2D eigenvalue weighted by atomic mass is 16.6. The number of ketones is 1. The summed E-state index contributed by atoms with van der Waals surface area (Å²) in [5.41, 5.74) is 2.82. The number of rotatable bonds is 6.